The van der Waals surface area contributed by atoms with E-state index in [0.29, 0.717) is 0 Å². The maximum Gasteiger partial charge on any atom is 4.00 e. The predicted molar refractivity (Wildman–Crippen MR) is 158 cm³/mol. The Morgan fingerprint density at radius 1 is 0.615 bits per heavy atom. The average molecular weight is 687 g/mol. The van der Waals surface area contributed by atoms with E-state index < -0.39 is 16.6 Å². The third kappa shape index (κ3) is 8.24. The van der Waals surface area contributed by atoms with E-state index in [1.54, 1.807) is 22.3 Å². The Morgan fingerprint density at radius 2 is 0.923 bits per heavy atom. The van der Waals surface area contributed by atoms with E-state index in [9.17, 15) is 0 Å². The molecule has 0 aliphatic heterocycles. The first-order chi connectivity index (χ1) is 16.6. The van der Waals surface area contributed by atoms with Crippen molar-refractivity contribution >= 4 is 16.6 Å². The van der Waals surface area contributed by atoms with Gasteiger partial charge in [-0.25, -0.2) is 23.3 Å². The van der Waals surface area contributed by atoms with Crippen LogP contribution in [0.15, 0.2) is 33.4 Å². The van der Waals surface area contributed by atoms with Crippen molar-refractivity contribution < 1.29 is 59.9 Å². The van der Waals surface area contributed by atoms with Crippen LogP contribution in [0.1, 0.15) is 106 Å². The normalized spacial score (nSPS) is 23.7. The van der Waals surface area contributed by atoms with Gasteiger partial charge in [-0.05, 0) is 61.3 Å². The molecule has 4 aliphatic rings. The van der Waals surface area contributed by atoms with Crippen LogP contribution in [-0.4, -0.2) is 28.8 Å². The van der Waals surface area contributed by atoms with Crippen LogP contribution in [0.5, 0.6) is 0 Å². The molecule has 4 rings (SSSR count). The number of allylic oxidation sites excluding steroid dienone is 4. The second kappa shape index (κ2) is 14.0. The molecule has 0 heterocycles. The van der Waals surface area contributed by atoms with Crippen molar-refractivity contribution in [3.8, 4) is 0 Å². The van der Waals surface area contributed by atoms with Crippen molar-refractivity contribution in [2.24, 2.45) is 0 Å². The maximum absolute atomic E-state index is 6.93. The number of halogens is 2. The van der Waals surface area contributed by atoms with Gasteiger partial charge >= 0.3 is 26.2 Å². The Labute approximate surface area is 274 Å². The van der Waals surface area contributed by atoms with Crippen LogP contribution >= 0.6 is 0 Å². The van der Waals surface area contributed by atoms with Gasteiger partial charge in [0.05, 0.1) is 0 Å². The SMILES string of the molecule is CC(C)(C)[Si](C)(C)O[C@H]1[C-]=C(CCC2=[C-][C@@H](O[Si](C)(C)C(C)(C)C)C3=C2CCCC3)C2=C1CCCC2.[Cl-].[Cl-].[Zr+4]. The molecule has 0 aromatic heterocycles. The minimum atomic E-state index is -1.84. The zero-order valence-electron chi connectivity index (χ0n) is 26.3. The summed E-state index contributed by atoms with van der Waals surface area (Å²) in [6.45, 7) is 23.6. The molecule has 218 valence electrons. The summed E-state index contributed by atoms with van der Waals surface area (Å²) in [5.74, 6) is 0. The van der Waals surface area contributed by atoms with Crippen LogP contribution in [0.3, 0.4) is 0 Å². The van der Waals surface area contributed by atoms with Crippen LogP contribution in [0.4, 0.5) is 0 Å². The van der Waals surface area contributed by atoms with Crippen molar-refractivity contribution in [2.45, 2.75) is 154 Å². The van der Waals surface area contributed by atoms with Gasteiger partial charge in [0.15, 0.2) is 16.6 Å². The molecular formula is C32H52Cl2O2Si2Zr. The van der Waals surface area contributed by atoms with Gasteiger partial charge in [0.2, 0.25) is 0 Å². The first-order valence-corrected chi connectivity index (χ1v) is 20.5. The summed E-state index contributed by atoms with van der Waals surface area (Å²) >= 11 is 0. The Bertz CT molecular complexity index is 917. The van der Waals surface area contributed by atoms with Crippen molar-refractivity contribution in [3.05, 3.63) is 45.6 Å². The molecule has 0 fully saturated rings. The van der Waals surface area contributed by atoms with Gasteiger partial charge < -0.3 is 33.7 Å². The summed E-state index contributed by atoms with van der Waals surface area (Å²) in [6, 6.07) is 0. The van der Waals surface area contributed by atoms with Crippen molar-refractivity contribution in [1.29, 1.82) is 0 Å². The second-order valence-corrected chi connectivity index (χ2v) is 24.2. The molecule has 0 aromatic carbocycles. The summed E-state index contributed by atoms with van der Waals surface area (Å²) in [6.07, 6.45) is 20.2. The molecule has 0 spiro atoms. The zero-order chi connectivity index (χ0) is 26.5. The molecule has 39 heavy (non-hydrogen) atoms. The Balaban J connectivity index is 0.00000253. The van der Waals surface area contributed by atoms with Crippen LogP contribution in [0.2, 0.25) is 36.3 Å². The van der Waals surface area contributed by atoms with E-state index in [2.05, 4.69) is 79.9 Å². The standard InChI is InChI=1S/C32H52O2Si2.2ClH.Zr/c1-31(2,3)35(7,8)33-29-21-23(25-15-11-13-17-27(25)29)19-20-24-22-30(28-18-14-12-16-26(24)28)34-36(9,10)32(4,5)6;;;/h29-30H,11-20H2,1-10H3;2*1H;/q-2;;;+4/p-2/t29-,30+;;;. The van der Waals surface area contributed by atoms with E-state index >= 15 is 0 Å². The summed E-state index contributed by atoms with van der Waals surface area (Å²) in [7, 11) is -3.69. The molecule has 0 N–H and O–H groups in total. The van der Waals surface area contributed by atoms with Gasteiger partial charge in [-0.2, -0.15) is 11.1 Å². The molecule has 2 atom stereocenters. The molecule has 0 aromatic rings. The number of rotatable bonds is 7. The van der Waals surface area contributed by atoms with Crippen molar-refractivity contribution in [3.63, 3.8) is 0 Å². The van der Waals surface area contributed by atoms with Gasteiger partial charge in [-0.15, -0.1) is 11.1 Å². The van der Waals surface area contributed by atoms with Crippen molar-refractivity contribution in [1.82, 2.24) is 0 Å². The third-order valence-electron chi connectivity index (χ3n) is 10.1. The average Bonchev–Trinajstić information content (AvgIpc) is 3.28. The zero-order valence-corrected chi connectivity index (χ0v) is 32.3. The smallest absolute Gasteiger partial charge is 1.00 e. The van der Waals surface area contributed by atoms with E-state index in [1.165, 1.54) is 62.5 Å². The van der Waals surface area contributed by atoms with E-state index in [-0.39, 0.29) is 73.3 Å². The topological polar surface area (TPSA) is 18.5 Å². The monoisotopic (exact) mass is 684 g/mol. The summed E-state index contributed by atoms with van der Waals surface area (Å²) in [5, 5.41) is 0.443. The molecule has 7 heteroatoms. The van der Waals surface area contributed by atoms with Gasteiger partial charge in [0.1, 0.15) is 0 Å². The first-order valence-electron chi connectivity index (χ1n) is 14.7. The predicted octanol–water partition coefficient (Wildman–Crippen LogP) is 3.78. The maximum atomic E-state index is 6.93. The Hall–Kier alpha value is 0.777. The molecule has 4 aliphatic carbocycles. The minimum Gasteiger partial charge on any atom is -1.00 e. The Morgan fingerprint density at radius 3 is 1.23 bits per heavy atom. The van der Waals surface area contributed by atoms with E-state index in [1.807, 2.05) is 0 Å². The third-order valence-corrected chi connectivity index (χ3v) is 18.9. The fraction of sp³-hybridized carbons (Fsp3) is 0.750. The van der Waals surface area contributed by atoms with Gasteiger partial charge in [-0.1, -0.05) is 92.9 Å². The first kappa shape index (κ1) is 37.8. The fourth-order valence-corrected chi connectivity index (χ4v) is 7.92. The van der Waals surface area contributed by atoms with E-state index in [4.69, 9.17) is 8.85 Å². The van der Waals surface area contributed by atoms with E-state index in [0.717, 1.165) is 12.8 Å². The molecular weight excluding hydrogens is 635 g/mol. The van der Waals surface area contributed by atoms with Gasteiger partial charge in [0.25, 0.3) is 0 Å². The molecule has 0 saturated heterocycles. The number of hydrogen-bond donors (Lipinski definition) is 0. The fourth-order valence-electron chi connectivity index (χ4n) is 5.63. The van der Waals surface area contributed by atoms with Crippen LogP contribution in [0.25, 0.3) is 0 Å². The summed E-state index contributed by atoms with van der Waals surface area (Å²) in [4.78, 5) is 0. The molecule has 2 nitrogen and oxygen atoms in total. The molecule has 0 bridgehead atoms. The summed E-state index contributed by atoms with van der Waals surface area (Å²) < 4.78 is 13.9. The molecule has 0 radical (unpaired) electrons. The largest absolute Gasteiger partial charge is 4.00 e. The van der Waals surface area contributed by atoms with Crippen LogP contribution < -0.4 is 24.8 Å². The van der Waals surface area contributed by atoms with Crippen LogP contribution in [-0.2, 0) is 35.1 Å². The minimum absolute atomic E-state index is 0. The van der Waals surface area contributed by atoms with Crippen LogP contribution in [0, 0.1) is 12.2 Å². The molecule has 0 saturated carbocycles. The van der Waals surface area contributed by atoms with Gasteiger partial charge in [-0.3, -0.25) is 0 Å². The Kier molecular flexibility index (Phi) is 13.6. The van der Waals surface area contributed by atoms with Gasteiger partial charge in [0, 0.05) is 0 Å². The molecule has 0 unspecified atom stereocenters. The quantitative estimate of drug-likeness (QED) is 0.300. The number of hydrogen-bond acceptors (Lipinski definition) is 2. The molecule has 0 amide bonds. The second-order valence-electron chi connectivity index (χ2n) is 14.7. The van der Waals surface area contributed by atoms with Crippen molar-refractivity contribution in [2.75, 3.05) is 0 Å². The summed E-state index contributed by atoms with van der Waals surface area (Å²) in [5.41, 5.74) is 9.21.